The summed E-state index contributed by atoms with van der Waals surface area (Å²) in [6.45, 7) is 4.38. The van der Waals surface area contributed by atoms with E-state index in [0.29, 0.717) is 28.8 Å². The Balaban J connectivity index is 1.62. The van der Waals surface area contributed by atoms with Crippen molar-refractivity contribution in [2.45, 2.75) is 19.8 Å². The monoisotopic (exact) mass is 410 g/mol. The summed E-state index contributed by atoms with van der Waals surface area (Å²) in [6, 6.07) is 29.1. The predicted octanol–water partition coefficient (Wildman–Crippen LogP) is 7.23. The van der Waals surface area contributed by atoms with Gasteiger partial charge in [0.25, 0.3) is 0 Å². The van der Waals surface area contributed by atoms with E-state index in [2.05, 4.69) is 38.1 Å². The van der Waals surface area contributed by atoms with Crippen LogP contribution in [-0.4, -0.2) is 0 Å². The number of benzene rings is 4. The summed E-state index contributed by atoms with van der Waals surface area (Å²) < 4.78 is 12.0. The Morgan fingerprint density at radius 1 is 0.581 bits per heavy atom. The predicted molar refractivity (Wildman–Crippen MR) is 128 cm³/mol. The van der Waals surface area contributed by atoms with Crippen molar-refractivity contribution in [2.75, 3.05) is 11.5 Å². The first-order valence-corrected chi connectivity index (χ1v) is 10.3. The average Bonchev–Trinajstić information content (AvgIpc) is 2.74. The van der Waals surface area contributed by atoms with Crippen molar-refractivity contribution in [3.05, 3.63) is 96.6 Å². The number of anilines is 2. The van der Waals surface area contributed by atoms with Crippen molar-refractivity contribution in [3.8, 4) is 34.1 Å². The first-order valence-electron chi connectivity index (χ1n) is 10.3. The van der Waals surface area contributed by atoms with Crippen molar-refractivity contribution in [2.24, 2.45) is 0 Å². The van der Waals surface area contributed by atoms with Gasteiger partial charge in [-0.15, -0.1) is 0 Å². The maximum Gasteiger partial charge on any atom is 0.129 e. The molecule has 4 rings (SSSR count). The third-order valence-corrected chi connectivity index (χ3v) is 5.00. The number of rotatable bonds is 6. The number of nitrogen functional groups attached to an aromatic ring is 2. The molecule has 4 aromatic carbocycles. The van der Waals surface area contributed by atoms with Gasteiger partial charge in [-0.1, -0.05) is 44.2 Å². The number of hydrogen-bond acceptors (Lipinski definition) is 4. The first-order chi connectivity index (χ1) is 15.0. The minimum absolute atomic E-state index is 0.375. The molecule has 0 atom stereocenters. The molecule has 0 amide bonds. The molecule has 4 aromatic rings. The Kier molecular flexibility index (Phi) is 5.80. The highest BCUT2D eigenvalue weighted by Crippen LogP contribution is 2.35. The van der Waals surface area contributed by atoms with Crippen LogP contribution >= 0.6 is 0 Å². The zero-order valence-electron chi connectivity index (χ0n) is 17.7. The van der Waals surface area contributed by atoms with E-state index in [-0.39, 0.29) is 0 Å². The van der Waals surface area contributed by atoms with Gasteiger partial charge in [0.15, 0.2) is 0 Å². The zero-order valence-corrected chi connectivity index (χ0v) is 17.7. The maximum atomic E-state index is 6.05. The fraction of sp³-hybridized carbons (Fsp3) is 0.111. The van der Waals surface area contributed by atoms with E-state index in [9.17, 15) is 0 Å². The van der Waals surface area contributed by atoms with E-state index in [0.717, 1.165) is 22.6 Å². The molecule has 0 saturated heterocycles. The Bertz CT molecular complexity index is 1180. The molecule has 0 spiro atoms. The van der Waals surface area contributed by atoms with Crippen LogP contribution in [0, 0.1) is 0 Å². The van der Waals surface area contributed by atoms with Gasteiger partial charge in [-0.25, -0.2) is 0 Å². The van der Waals surface area contributed by atoms with Gasteiger partial charge in [-0.05, 0) is 71.1 Å². The molecule has 31 heavy (non-hydrogen) atoms. The fourth-order valence-corrected chi connectivity index (χ4v) is 3.48. The van der Waals surface area contributed by atoms with E-state index in [4.69, 9.17) is 20.9 Å². The molecule has 0 heterocycles. The third kappa shape index (κ3) is 4.98. The minimum Gasteiger partial charge on any atom is -0.457 e. The van der Waals surface area contributed by atoms with E-state index >= 15 is 0 Å². The Morgan fingerprint density at radius 3 is 1.65 bits per heavy atom. The van der Waals surface area contributed by atoms with Crippen molar-refractivity contribution >= 4 is 11.4 Å². The van der Waals surface area contributed by atoms with Gasteiger partial charge in [-0.3, -0.25) is 0 Å². The molecule has 0 aromatic heterocycles. The summed E-state index contributed by atoms with van der Waals surface area (Å²) in [5, 5.41) is 0. The van der Waals surface area contributed by atoms with Crippen LogP contribution in [0.3, 0.4) is 0 Å². The zero-order chi connectivity index (χ0) is 21.8. The molecule has 0 radical (unpaired) electrons. The largest absolute Gasteiger partial charge is 0.457 e. The average molecular weight is 411 g/mol. The van der Waals surface area contributed by atoms with E-state index in [1.165, 1.54) is 5.56 Å². The Hall–Kier alpha value is -3.92. The second-order valence-electron chi connectivity index (χ2n) is 7.78. The van der Waals surface area contributed by atoms with Crippen LogP contribution < -0.4 is 20.9 Å². The molecular weight excluding hydrogens is 384 g/mol. The molecule has 156 valence electrons. The topological polar surface area (TPSA) is 70.5 Å². The summed E-state index contributed by atoms with van der Waals surface area (Å²) in [5.41, 5.74) is 16.5. The van der Waals surface area contributed by atoms with Gasteiger partial charge in [0.1, 0.15) is 23.0 Å². The molecule has 4 N–H and O–H groups in total. The van der Waals surface area contributed by atoms with Crippen LogP contribution in [-0.2, 0) is 0 Å². The molecule has 4 heteroatoms. The highest BCUT2D eigenvalue weighted by Gasteiger charge is 2.11. The lowest BCUT2D eigenvalue weighted by atomic mass is 9.92. The SMILES string of the molecule is CC(C)c1ccc(Oc2cccc(N)c2)cc1-c1ccc(Oc2cccc(N)c2)cc1. The lowest BCUT2D eigenvalue weighted by molar-refractivity contribution is 0.483. The van der Waals surface area contributed by atoms with Crippen LogP contribution in [0.2, 0.25) is 0 Å². The smallest absolute Gasteiger partial charge is 0.129 e. The molecule has 0 aliphatic carbocycles. The quantitative estimate of drug-likeness (QED) is 0.329. The molecule has 0 bridgehead atoms. The molecule has 0 unspecified atom stereocenters. The van der Waals surface area contributed by atoms with Crippen LogP contribution in [0.1, 0.15) is 25.3 Å². The van der Waals surface area contributed by atoms with Gasteiger partial charge >= 0.3 is 0 Å². The van der Waals surface area contributed by atoms with E-state index in [1.807, 2.05) is 66.7 Å². The summed E-state index contributed by atoms with van der Waals surface area (Å²) in [4.78, 5) is 0. The second kappa shape index (κ2) is 8.84. The fourth-order valence-electron chi connectivity index (χ4n) is 3.48. The van der Waals surface area contributed by atoms with Crippen molar-refractivity contribution in [3.63, 3.8) is 0 Å². The molecule has 4 nitrogen and oxygen atoms in total. The number of hydrogen-bond donors (Lipinski definition) is 2. The van der Waals surface area contributed by atoms with Gasteiger partial charge in [0.2, 0.25) is 0 Å². The summed E-state index contributed by atoms with van der Waals surface area (Å²) in [5.74, 6) is 3.33. The second-order valence-corrected chi connectivity index (χ2v) is 7.78. The Morgan fingerprint density at radius 2 is 1.10 bits per heavy atom. The summed E-state index contributed by atoms with van der Waals surface area (Å²) >= 11 is 0. The van der Waals surface area contributed by atoms with E-state index < -0.39 is 0 Å². The minimum atomic E-state index is 0.375. The van der Waals surface area contributed by atoms with Crippen molar-refractivity contribution < 1.29 is 9.47 Å². The summed E-state index contributed by atoms with van der Waals surface area (Å²) in [7, 11) is 0. The van der Waals surface area contributed by atoms with E-state index in [1.54, 1.807) is 0 Å². The van der Waals surface area contributed by atoms with Crippen LogP contribution in [0.15, 0.2) is 91.0 Å². The third-order valence-electron chi connectivity index (χ3n) is 5.00. The van der Waals surface area contributed by atoms with Gasteiger partial charge in [0, 0.05) is 23.5 Å². The maximum absolute atomic E-state index is 6.05. The molecular formula is C27H26N2O2. The number of ether oxygens (including phenoxy) is 2. The Labute approximate surface area is 183 Å². The lowest BCUT2D eigenvalue weighted by Crippen LogP contribution is -1.95. The highest BCUT2D eigenvalue weighted by molar-refractivity contribution is 5.70. The molecule has 0 fully saturated rings. The highest BCUT2D eigenvalue weighted by atomic mass is 16.5. The summed E-state index contributed by atoms with van der Waals surface area (Å²) in [6.07, 6.45) is 0. The first kappa shape index (κ1) is 20.4. The van der Waals surface area contributed by atoms with Crippen LogP contribution in [0.4, 0.5) is 11.4 Å². The van der Waals surface area contributed by atoms with Crippen LogP contribution in [0.25, 0.3) is 11.1 Å². The van der Waals surface area contributed by atoms with Gasteiger partial charge < -0.3 is 20.9 Å². The van der Waals surface area contributed by atoms with Gasteiger partial charge in [0.05, 0.1) is 0 Å². The number of nitrogens with two attached hydrogens (primary N) is 2. The van der Waals surface area contributed by atoms with Crippen molar-refractivity contribution in [1.29, 1.82) is 0 Å². The molecule has 0 saturated carbocycles. The van der Waals surface area contributed by atoms with Crippen LogP contribution in [0.5, 0.6) is 23.0 Å². The molecule has 0 aliphatic rings. The van der Waals surface area contributed by atoms with Crippen molar-refractivity contribution in [1.82, 2.24) is 0 Å². The van der Waals surface area contributed by atoms with Gasteiger partial charge in [-0.2, -0.15) is 0 Å². The molecule has 0 aliphatic heterocycles. The standard InChI is InChI=1S/C27H26N2O2/c1-18(2)26-14-13-25(31-24-8-4-6-21(29)16-24)17-27(26)19-9-11-22(12-10-19)30-23-7-3-5-20(28)15-23/h3-18H,28-29H2,1-2H3. The normalized spacial score (nSPS) is 10.8. The lowest BCUT2D eigenvalue weighted by Gasteiger charge is -2.16.